The van der Waals surface area contributed by atoms with Crippen LogP contribution in [0.2, 0.25) is 0 Å². The van der Waals surface area contributed by atoms with Crippen LogP contribution in [0.15, 0.2) is 30.3 Å². The van der Waals surface area contributed by atoms with Crippen molar-refractivity contribution in [2.45, 2.75) is 29.7 Å². The molecule has 1 aromatic rings. The molecule has 1 aliphatic heterocycles. The monoisotopic (exact) mass is 330 g/mol. The Bertz CT molecular complexity index is 357. The number of hydrogen-bond acceptors (Lipinski definition) is 1. The second-order valence-electron chi connectivity index (χ2n) is 4.13. The molecule has 87 valence electrons. The summed E-state index contributed by atoms with van der Waals surface area (Å²) in [5.41, 5.74) is 1.30. The highest BCUT2D eigenvalue weighted by Crippen LogP contribution is 2.47. The van der Waals surface area contributed by atoms with Crippen LogP contribution in [0, 0.1) is 0 Å². The van der Waals surface area contributed by atoms with Crippen LogP contribution in [0.3, 0.4) is 0 Å². The Morgan fingerprint density at radius 3 is 2.62 bits per heavy atom. The Hall–Kier alpha value is -0.580. The van der Waals surface area contributed by atoms with Crippen LogP contribution in [-0.4, -0.2) is 10.3 Å². The minimum Gasteiger partial charge on any atom is -0.339 e. The van der Waals surface area contributed by atoms with E-state index in [4.69, 9.17) is 0 Å². The lowest BCUT2D eigenvalue weighted by Gasteiger charge is -2.37. The minimum atomic E-state index is 0.00419. The number of carbonyl (C=O) groups excluding carboxylic acids is 1. The van der Waals surface area contributed by atoms with Crippen molar-refractivity contribution in [2.24, 2.45) is 0 Å². The van der Waals surface area contributed by atoms with Crippen molar-refractivity contribution in [1.29, 1.82) is 0 Å². The van der Waals surface area contributed by atoms with Gasteiger partial charge >= 0.3 is 0 Å². The average molecular weight is 330 g/mol. The van der Waals surface area contributed by atoms with Crippen molar-refractivity contribution in [3.63, 3.8) is 0 Å². The van der Waals surface area contributed by atoms with Gasteiger partial charge in [-0.15, -0.1) is 21.2 Å². The second-order valence-corrected chi connectivity index (χ2v) is 7.81. The third-order valence-electron chi connectivity index (χ3n) is 2.83. The molecule has 2 rings (SSSR count). The first-order valence-electron chi connectivity index (χ1n) is 5.67. The molecule has 16 heavy (non-hydrogen) atoms. The average Bonchev–Trinajstić information content (AvgIpc) is 2.30. The standard InChI is InChI=1S/C13H17INO/c1-11(16)15-13(9-5-6-10-14-13)12-7-3-2-4-8-12/h2-4,7-8H,5-6,9-10H2,1H3,(H,15,16). The number of alkyl halides is 2. The maximum atomic E-state index is 11.4. The van der Waals surface area contributed by atoms with E-state index in [1.807, 2.05) is 6.07 Å². The fourth-order valence-electron chi connectivity index (χ4n) is 2.13. The molecule has 0 saturated carbocycles. The van der Waals surface area contributed by atoms with Gasteiger partial charge in [0.05, 0.1) is 0 Å². The van der Waals surface area contributed by atoms with E-state index >= 15 is 0 Å². The minimum absolute atomic E-state index is 0.00419. The molecule has 1 N–H and O–H groups in total. The van der Waals surface area contributed by atoms with E-state index in [1.54, 1.807) is 6.92 Å². The number of amides is 1. The highest BCUT2D eigenvalue weighted by molar-refractivity contribution is 14.2. The molecule has 1 atom stereocenters. The van der Waals surface area contributed by atoms with Crippen LogP contribution >= 0.6 is 21.2 Å². The maximum absolute atomic E-state index is 11.4. The molecule has 0 bridgehead atoms. The lowest BCUT2D eigenvalue weighted by molar-refractivity contribution is -0.119. The van der Waals surface area contributed by atoms with Crippen LogP contribution in [0.4, 0.5) is 0 Å². The summed E-state index contributed by atoms with van der Waals surface area (Å²) < 4.78 is 1.32. The zero-order valence-corrected chi connectivity index (χ0v) is 11.7. The molecule has 2 nitrogen and oxygen atoms in total. The van der Waals surface area contributed by atoms with Crippen LogP contribution in [0.25, 0.3) is 0 Å². The van der Waals surface area contributed by atoms with Crippen molar-refractivity contribution in [3.8, 4) is 0 Å². The van der Waals surface area contributed by atoms with Gasteiger partial charge in [0, 0.05) is 6.92 Å². The molecule has 1 heterocycles. The lowest BCUT2D eigenvalue weighted by Crippen LogP contribution is -2.42. The molecule has 1 aliphatic rings. The highest BCUT2D eigenvalue weighted by atomic mass is 127. The third-order valence-corrected chi connectivity index (χ3v) is 6.87. The normalized spacial score (nSPS) is 25.1. The predicted molar refractivity (Wildman–Crippen MR) is 74.7 cm³/mol. The number of hydrogen-bond donors (Lipinski definition) is 1. The molecule has 0 aliphatic carbocycles. The Morgan fingerprint density at radius 2 is 2.06 bits per heavy atom. The number of carbonyl (C=O) groups is 1. The summed E-state index contributed by atoms with van der Waals surface area (Å²) in [6, 6.07) is 10.5. The molecule has 1 amide bonds. The fourth-order valence-corrected chi connectivity index (χ4v) is 6.10. The molecular formula is C13H17INO. The zero-order chi connectivity index (χ0) is 11.4. The van der Waals surface area contributed by atoms with E-state index in [9.17, 15) is 4.79 Å². The Kier molecular flexibility index (Phi) is 3.84. The van der Waals surface area contributed by atoms with E-state index in [2.05, 4.69) is 29.6 Å². The summed E-state index contributed by atoms with van der Waals surface area (Å²) in [4.78, 5) is 11.4. The summed E-state index contributed by atoms with van der Waals surface area (Å²) in [6.45, 7) is 1.63. The number of benzene rings is 1. The number of halogens is 1. The number of nitrogens with one attached hydrogen (secondary N) is 1. The van der Waals surface area contributed by atoms with Gasteiger partial charge in [-0.1, -0.05) is 30.3 Å². The van der Waals surface area contributed by atoms with Gasteiger partial charge in [-0.05, 0) is 29.3 Å². The van der Waals surface area contributed by atoms with Gasteiger partial charge in [-0.2, -0.15) is 0 Å². The van der Waals surface area contributed by atoms with Gasteiger partial charge in [0.1, 0.15) is 3.55 Å². The first-order valence-corrected chi connectivity index (χ1v) is 8.28. The van der Waals surface area contributed by atoms with Crippen LogP contribution < -0.4 is 5.32 Å². The van der Waals surface area contributed by atoms with Gasteiger partial charge < -0.3 is 5.32 Å². The van der Waals surface area contributed by atoms with E-state index in [0.29, 0.717) is 0 Å². The van der Waals surface area contributed by atoms with Gasteiger partial charge in [-0.3, -0.25) is 4.79 Å². The van der Waals surface area contributed by atoms with Crippen molar-refractivity contribution < 1.29 is 4.79 Å². The molecule has 1 unspecified atom stereocenters. The van der Waals surface area contributed by atoms with Crippen molar-refractivity contribution in [1.82, 2.24) is 5.32 Å². The smallest absolute Gasteiger partial charge is 0.218 e. The van der Waals surface area contributed by atoms with E-state index in [1.165, 1.54) is 22.8 Å². The Balaban J connectivity index is 2.29. The molecule has 0 spiro atoms. The third kappa shape index (κ3) is 2.56. The van der Waals surface area contributed by atoms with Gasteiger partial charge in [0.15, 0.2) is 0 Å². The van der Waals surface area contributed by atoms with Gasteiger partial charge in [0.25, 0.3) is 0 Å². The van der Waals surface area contributed by atoms with Gasteiger partial charge in [0.2, 0.25) is 5.91 Å². The van der Waals surface area contributed by atoms with E-state index < -0.39 is 0 Å². The SMILES string of the molecule is CC(=O)NC1(c2ccccc2)CCCC[I]1. The molecular weight excluding hydrogens is 313 g/mol. The van der Waals surface area contributed by atoms with Crippen LogP contribution in [0.5, 0.6) is 0 Å². The first kappa shape index (κ1) is 11.9. The molecule has 0 aromatic heterocycles. The summed E-state index contributed by atoms with van der Waals surface area (Å²) in [5, 5.41) is 3.22. The topological polar surface area (TPSA) is 29.1 Å². The summed E-state index contributed by atoms with van der Waals surface area (Å²) in [5.74, 6) is 0.102. The molecule has 1 saturated heterocycles. The zero-order valence-electron chi connectivity index (χ0n) is 9.50. The van der Waals surface area contributed by atoms with Crippen molar-refractivity contribution in [2.75, 3.05) is 4.43 Å². The van der Waals surface area contributed by atoms with E-state index in [0.717, 1.165) is 6.42 Å². The van der Waals surface area contributed by atoms with Crippen molar-refractivity contribution >= 4 is 27.1 Å². The molecule has 1 radical (unpaired) electrons. The largest absolute Gasteiger partial charge is 0.339 e. The lowest BCUT2D eigenvalue weighted by atomic mass is 10.0. The van der Waals surface area contributed by atoms with E-state index in [-0.39, 0.29) is 30.7 Å². The quantitative estimate of drug-likeness (QED) is 0.504. The highest BCUT2D eigenvalue weighted by Gasteiger charge is 2.35. The van der Waals surface area contributed by atoms with Gasteiger partial charge in [-0.25, -0.2) is 0 Å². The predicted octanol–water partition coefficient (Wildman–Crippen LogP) is 3.13. The van der Waals surface area contributed by atoms with Crippen LogP contribution in [0.1, 0.15) is 31.7 Å². The Morgan fingerprint density at radius 1 is 1.31 bits per heavy atom. The first-order chi connectivity index (χ1) is 7.73. The summed E-state index contributed by atoms with van der Waals surface area (Å²) in [6.07, 6.45) is 3.68. The fraction of sp³-hybridized carbons (Fsp3) is 0.462. The number of rotatable bonds is 2. The molecule has 1 fully saturated rings. The Labute approximate surface area is 107 Å². The van der Waals surface area contributed by atoms with Crippen LogP contribution in [-0.2, 0) is 8.34 Å². The summed E-state index contributed by atoms with van der Waals surface area (Å²) in [7, 11) is 0. The van der Waals surface area contributed by atoms with Crippen molar-refractivity contribution in [3.05, 3.63) is 35.9 Å². The molecule has 1 aromatic carbocycles. The summed E-state index contributed by atoms with van der Waals surface area (Å²) >= 11 is 0.0179. The second kappa shape index (κ2) is 5.17. The maximum Gasteiger partial charge on any atom is 0.218 e. The molecule has 3 heteroatoms.